The van der Waals surface area contributed by atoms with Crippen LogP contribution < -0.4 is 15.0 Å². The lowest BCUT2D eigenvalue weighted by Gasteiger charge is -2.19. The van der Waals surface area contributed by atoms with Gasteiger partial charge in [-0.25, -0.2) is 9.59 Å². The van der Waals surface area contributed by atoms with Gasteiger partial charge in [-0.15, -0.1) is 0 Å². The molecule has 3 rings (SSSR count). The van der Waals surface area contributed by atoms with E-state index >= 15 is 0 Å². The van der Waals surface area contributed by atoms with Crippen molar-refractivity contribution in [2.75, 3.05) is 30.5 Å². The van der Waals surface area contributed by atoms with Gasteiger partial charge in [-0.2, -0.15) is 0 Å². The molecule has 0 heterocycles. The molecule has 7 heteroatoms. The number of urea groups is 1. The molecule has 0 fully saturated rings. The van der Waals surface area contributed by atoms with E-state index in [-0.39, 0.29) is 18.4 Å². The normalized spacial score (nSPS) is 11.0. The molecule has 0 bridgehead atoms. The van der Waals surface area contributed by atoms with Crippen LogP contribution in [0, 0.1) is 0 Å². The fourth-order valence-corrected chi connectivity index (χ4v) is 3.26. The lowest BCUT2D eigenvalue weighted by molar-refractivity contribution is -0.136. The van der Waals surface area contributed by atoms with Crippen molar-refractivity contribution < 1.29 is 24.2 Å². The first-order chi connectivity index (χ1) is 16.4. The molecule has 0 saturated heterocycles. The standard InChI is InChI=1S/C27H28N2O5/c1-4-33-24-15-13-22(14-16-24)28-27(32)29(3)23-8-6-7-21(18-23)20-11-9-19(10-12-20)17-25(26(30)31)34-5-2/h6-18H,4-5H2,1-3H3,(H,28,32)(H,30,31)/b25-17+. The number of hydrogen-bond acceptors (Lipinski definition) is 4. The van der Waals surface area contributed by atoms with Gasteiger partial charge < -0.3 is 19.9 Å². The Morgan fingerprint density at radius 2 is 1.65 bits per heavy atom. The SMILES string of the molecule is CCO/C(=C/c1ccc(-c2cccc(N(C)C(=O)Nc3ccc(OCC)cc3)c2)cc1)C(=O)O. The molecule has 0 aliphatic carbocycles. The van der Waals surface area contributed by atoms with E-state index in [4.69, 9.17) is 9.47 Å². The number of amides is 2. The summed E-state index contributed by atoms with van der Waals surface area (Å²) in [6, 6.07) is 22.0. The minimum absolute atomic E-state index is 0.0996. The van der Waals surface area contributed by atoms with Gasteiger partial charge in [0, 0.05) is 18.4 Å². The molecule has 7 nitrogen and oxygen atoms in total. The van der Waals surface area contributed by atoms with Crippen molar-refractivity contribution in [2.24, 2.45) is 0 Å². The highest BCUT2D eigenvalue weighted by Gasteiger charge is 2.12. The summed E-state index contributed by atoms with van der Waals surface area (Å²) in [7, 11) is 1.71. The van der Waals surface area contributed by atoms with Gasteiger partial charge in [-0.3, -0.25) is 4.90 Å². The zero-order valence-electron chi connectivity index (χ0n) is 19.4. The van der Waals surface area contributed by atoms with Gasteiger partial charge in [0.25, 0.3) is 0 Å². The van der Waals surface area contributed by atoms with Crippen LogP contribution in [0.25, 0.3) is 17.2 Å². The highest BCUT2D eigenvalue weighted by Crippen LogP contribution is 2.26. The molecule has 176 valence electrons. The predicted molar refractivity (Wildman–Crippen MR) is 134 cm³/mol. The smallest absolute Gasteiger partial charge is 0.371 e. The van der Waals surface area contributed by atoms with Gasteiger partial charge in [0.1, 0.15) is 5.75 Å². The van der Waals surface area contributed by atoms with Gasteiger partial charge >= 0.3 is 12.0 Å². The molecule has 2 amide bonds. The second-order valence-corrected chi connectivity index (χ2v) is 7.37. The third-order valence-electron chi connectivity index (χ3n) is 5.01. The highest BCUT2D eigenvalue weighted by atomic mass is 16.5. The van der Waals surface area contributed by atoms with E-state index in [1.165, 1.54) is 11.0 Å². The molecule has 2 N–H and O–H groups in total. The highest BCUT2D eigenvalue weighted by molar-refractivity contribution is 6.01. The van der Waals surface area contributed by atoms with Crippen molar-refractivity contribution in [3.8, 4) is 16.9 Å². The summed E-state index contributed by atoms with van der Waals surface area (Å²) in [6.07, 6.45) is 1.49. The van der Waals surface area contributed by atoms with Crippen molar-refractivity contribution in [2.45, 2.75) is 13.8 Å². The van der Waals surface area contributed by atoms with Crippen molar-refractivity contribution in [3.63, 3.8) is 0 Å². The summed E-state index contributed by atoms with van der Waals surface area (Å²) in [5.74, 6) is -0.456. The number of carboxylic acid groups (broad SMARTS) is 1. The minimum atomic E-state index is -1.11. The van der Waals surface area contributed by atoms with Crippen LogP contribution >= 0.6 is 0 Å². The molecule has 3 aromatic carbocycles. The van der Waals surface area contributed by atoms with Crippen molar-refractivity contribution >= 4 is 29.5 Å². The number of aliphatic carboxylic acids is 1. The average molecular weight is 461 g/mol. The molecule has 0 aromatic heterocycles. The van der Waals surface area contributed by atoms with Crippen LogP contribution in [0.4, 0.5) is 16.2 Å². The fourth-order valence-electron chi connectivity index (χ4n) is 3.26. The summed E-state index contributed by atoms with van der Waals surface area (Å²) < 4.78 is 10.6. The quantitative estimate of drug-likeness (QED) is 0.307. The molecular formula is C27H28N2O5. The summed E-state index contributed by atoms with van der Waals surface area (Å²) in [5, 5.41) is 12.1. The van der Waals surface area contributed by atoms with E-state index in [0.717, 1.165) is 28.1 Å². The number of carbonyl (C=O) groups excluding carboxylic acids is 1. The summed E-state index contributed by atoms with van der Waals surface area (Å²) in [6.45, 7) is 4.52. The first kappa shape index (κ1) is 24.4. The molecule has 0 saturated carbocycles. The first-order valence-corrected chi connectivity index (χ1v) is 11.0. The zero-order valence-corrected chi connectivity index (χ0v) is 19.4. The Bertz CT molecular complexity index is 1150. The topological polar surface area (TPSA) is 88.1 Å². The van der Waals surface area contributed by atoms with Gasteiger partial charge in [0.2, 0.25) is 5.76 Å². The van der Waals surface area contributed by atoms with E-state index in [9.17, 15) is 14.7 Å². The number of hydrogen-bond donors (Lipinski definition) is 2. The molecule has 0 aliphatic rings. The number of benzene rings is 3. The number of carboxylic acids is 1. The molecular weight excluding hydrogens is 432 g/mol. The van der Waals surface area contributed by atoms with E-state index < -0.39 is 5.97 Å². The van der Waals surface area contributed by atoms with E-state index in [1.807, 2.05) is 67.6 Å². The predicted octanol–water partition coefficient (Wildman–Crippen LogP) is 5.88. The molecule has 0 atom stereocenters. The Labute approximate surface area is 199 Å². The largest absolute Gasteiger partial charge is 0.494 e. The van der Waals surface area contributed by atoms with E-state index in [1.54, 1.807) is 26.1 Å². The van der Waals surface area contributed by atoms with Gasteiger partial charge in [0.15, 0.2) is 0 Å². The van der Waals surface area contributed by atoms with Crippen molar-refractivity contribution in [1.82, 2.24) is 0 Å². The van der Waals surface area contributed by atoms with Crippen LogP contribution in [0.15, 0.2) is 78.6 Å². The Hall–Kier alpha value is -4.26. The lowest BCUT2D eigenvalue weighted by Crippen LogP contribution is -2.31. The van der Waals surface area contributed by atoms with E-state index in [2.05, 4.69) is 5.32 Å². The second-order valence-electron chi connectivity index (χ2n) is 7.37. The number of nitrogens with zero attached hydrogens (tertiary/aromatic N) is 1. The molecule has 0 radical (unpaired) electrons. The van der Waals surface area contributed by atoms with Crippen LogP contribution in [0.1, 0.15) is 19.4 Å². The number of rotatable bonds is 9. The maximum Gasteiger partial charge on any atom is 0.371 e. The van der Waals surface area contributed by atoms with Crippen molar-refractivity contribution in [3.05, 3.63) is 84.1 Å². The average Bonchev–Trinajstić information content (AvgIpc) is 2.85. The Morgan fingerprint density at radius 1 is 0.941 bits per heavy atom. The van der Waals surface area contributed by atoms with Gasteiger partial charge in [0.05, 0.1) is 13.2 Å². The number of carbonyl (C=O) groups is 2. The van der Waals surface area contributed by atoms with Crippen LogP contribution in [0.5, 0.6) is 5.75 Å². The minimum Gasteiger partial charge on any atom is -0.494 e. The Balaban J connectivity index is 1.72. The molecule has 0 unspecified atom stereocenters. The van der Waals surface area contributed by atoms with Gasteiger partial charge in [-0.05, 0) is 73.0 Å². The Morgan fingerprint density at radius 3 is 2.26 bits per heavy atom. The van der Waals surface area contributed by atoms with Crippen LogP contribution in [-0.2, 0) is 9.53 Å². The number of anilines is 2. The Kier molecular flexibility index (Phi) is 8.29. The fraction of sp³-hybridized carbons (Fsp3) is 0.185. The maximum absolute atomic E-state index is 12.7. The maximum atomic E-state index is 12.7. The molecule has 3 aromatic rings. The molecule has 34 heavy (non-hydrogen) atoms. The molecule has 0 spiro atoms. The number of ether oxygens (including phenoxy) is 2. The van der Waals surface area contributed by atoms with Crippen LogP contribution in [0.3, 0.4) is 0 Å². The number of nitrogens with one attached hydrogen (secondary N) is 1. The zero-order chi connectivity index (χ0) is 24.5. The van der Waals surface area contributed by atoms with Gasteiger partial charge in [-0.1, -0.05) is 36.4 Å². The second kappa shape index (κ2) is 11.6. The summed E-state index contributed by atoms with van der Waals surface area (Å²) in [4.78, 5) is 25.5. The summed E-state index contributed by atoms with van der Waals surface area (Å²) >= 11 is 0. The third-order valence-corrected chi connectivity index (χ3v) is 5.01. The lowest BCUT2D eigenvalue weighted by atomic mass is 10.0. The van der Waals surface area contributed by atoms with Crippen LogP contribution in [-0.4, -0.2) is 37.4 Å². The van der Waals surface area contributed by atoms with E-state index in [0.29, 0.717) is 12.3 Å². The molecule has 0 aliphatic heterocycles. The first-order valence-electron chi connectivity index (χ1n) is 11.0. The monoisotopic (exact) mass is 460 g/mol. The van der Waals surface area contributed by atoms with Crippen LogP contribution in [0.2, 0.25) is 0 Å². The van der Waals surface area contributed by atoms with Crippen molar-refractivity contribution in [1.29, 1.82) is 0 Å². The third kappa shape index (κ3) is 6.38. The summed E-state index contributed by atoms with van der Waals surface area (Å²) in [5.41, 5.74) is 3.99.